The molecule has 170 valence electrons. The molecule has 0 spiro atoms. The topological polar surface area (TPSA) is 126 Å². The molecule has 0 radical (unpaired) electrons. The quantitative estimate of drug-likeness (QED) is 0.345. The molecule has 0 saturated carbocycles. The molecule has 33 heavy (non-hydrogen) atoms. The lowest BCUT2D eigenvalue weighted by atomic mass is 10.1. The van der Waals surface area contributed by atoms with E-state index in [4.69, 9.17) is 14.5 Å². The van der Waals surface area contributed by atoms with Gasteiger partial charge in [-0.2, -0.15) is 0 Å². The summed E-state index contributed by atoms with van der Waals surface area (Å²) in [4.78, 5) is 9.74. The lowest BCUT2D eigenvalue weighted by molar-refractivity contribution is 0.302. The third kappa shape index (κ3) is 5.37. The summed E-state index contributed by atoms with van der Waals surface area (Å²) in [6, 6.07) is 15.1. The van der Waals surface area contributed by atoms with Gasteiger partial charge in [0.05, 0.1) is 29.1 Å². The maximum Gasteiger partial charge on any atom is 0.268 e. The minimum atomic E-state index is -1.39. The third-order valence-electron chi connectivity index (χ3n) is 4.87. The molecular weight excluding hydrogens is 440 g/mol. The number of rotatable bonds is 9. The molecule has 4 rings (SSSR count). The van der Waals surface area contributed by atoms with Crippen LogP contribution in [-0.4, -0.2) is 49.7 Å². The van der Waals surface area contributed by atoms with Gasteiger partial charge in [0.2, 0.25) is 5.89 Å². The largest absolute Gasteiger partial charge is 0.415 e. The average molecular weight is 465 g/mol. The molecule has 2 heterocycles. The number of aromatic nitrogens is 4. The first-order chi connectivity index (χ1) is 16.1. The van der Waals surface area contributed by atoms with Gasteiger partial charge in [0.1, 0.15) is 16.7 Å². The first-order valence-electron chi connectivity index (χ1n) is 10.4. The van der Waals surface area contributed by atoms with Crippen LogP contribution < -0.4 is 10.0 Å². The summed E-state index contributed by atoms with van der Waals surface area (Å²) in [5.41, 5.74) is 4.61. The Balaban J connectivity index is 1.57. The number of aryl methyl sites for hydroxylation is 1. The van der Waals surface area contributed by atoms with Crippen LogP contribution in [0.2, 0.25) is 0 Å². The minimum Gasteiger partial charge on any atom is -0.415 e. The lowest BCUT2D eigenvalue weighted by Gasteiger charge is -2.07. The Labute approximate surface area is 193 Å². The second-order valence-electron chi connectivity index (χ2n) is 7.24. The van der Waals surface area contributed by atoms with Gasteiger partial charge in [-0.25, -0.2) is 13.9 Å². The van der Waals surface area contributed by atoms with Crippen LogP contribution in [0.3, 0.4) is 0 Å². The fourth-order valence-corrected chi connectivity index (χ4v) is 3.99. The number of hydrogen-bond acceptors (Lipinski definition) is 8. The molecule has 2 aromatic carbocycles. The predicted octanol–water partition coefficient (Wildman–Crippen LogP) is 2.49. The molecule has 0 fully saturated rings. The van der Waals surface area contributed by atoms with E-state index in [9.17, 15) is 4.21 Å². The second-order valence-corrected chi connectivity index (χ2v) is 8.54. The molecule has 1 atom stereocenters. The summed E-state index contributed by atoms with van der Waals surface area (Å²) < 4.78 is 20.8. The Morgan fingerprint density at radius 2 is 1.70 bits per heavy atom. The zero-order valence-electron chi connectivity index (χ0n) is 18.3. The van der Waals surface area contributed by atoms with Crippen molar-refractivity contribution in [3.8, 4) is 34.3 Å². The standard InChI is InChI=1S/C23H24N6O3S/c1-15-21(23-29-28-22(32-23)18-5-3-16(4-6-18)13-24-2)27-20(14-25-15)17-7-9-19(10-8-17)33(31)26-11-12-30/h3-10,14,24,26,30H,11-13H2,1-2H3. The van der Waals surface area contributed by atoms with Crippen molar-refractivity contribution >= 4 is 11.0 Å². The van der Waals surface area contributed by atoms with E-state index in [0.29, 0.717) is 33.8 Å². The Morgan fingerprint density at radius 3 is 2.39 bits per heavy atom. The smallest absolute Gasteiger partial charge is 0.268 e. The van der Waals surface area contributed by atoms with E-state index < -0.39 is 11.0 Å². The molecule has 0 bridgehead atoms. The van der Waals surface area contributed by atoms with E-state index in [0.717, 1.165) is 23.2 Å². The van der Waals surface area contributed by atoms with Crippen LogP contribution in [0.15, 0.2) is 64.0 Å². The van der Waals surface area contributed by atoms with Crippen molar-refractivity contribution < 1.29 is 13.7 Å². The molecule has 4 aromatic rings. The number of aliphatic hydroxyl groups is 1. The average Bonchev–Trinajstić information content (AvgIpc) is 3.34. The molecule has 10 heteroatoms. The summed E-state index contributed by atoms with van der Waals surface area (Å²) in [6.07, 6.45) is 1.67. The first kappa shape index (κ1) is 22.9. The van der Waals surface area contributed by atoms with Gasteiger partial charge >= 0.3 is 0 Å². The van der Waals surface area contributed by atoms with Crippen molar-refractivity contribution in [2.45, 2.75) is 18.4 Å². The molecule has 0 saturated heterocycles. The number of aliphatic hydroxyl groups excluding tert-OH is 1. The summed E-state index contributed by atoms with van der Waals surface area (Å²) in [7, 11) is 0.517. The normalized spacial score (nSPS) is 12.1. The summed E-state index contributed by atoms with van der Waals surface area (Å²) in [5.74, 6) is 0.705. The van der Waals surface area contributed by atoms with Crippen LogP contribution in [0.4, 0.5) is 0 Å². The Morgan fingerprint density at radius 1 is 1.00 bits per heavy atom. The first-order valence-corrected chi connectivity index (χ1v) is 11.5. The highest BCUT2D eigenvalue weighted by Gasteiger charge is 2.16. The second kappa shape index (κ2) is 10.5. The van der Waals surface area contributed by atoms with Crippen molar-refractivity contribution in [3.05, 3.63) is 66.0 Å². The SMILES string of the molecule is CNCc1ccc(-c2nnc(-c3nc(-c4ccc(S(=O)NCCO)cc4)cnc3C)o2)cc1. The number of benzene rings is 2. The van der Waals surface area contributed by atoms with Crippen LogP contribution >= 0.6 is 0 Å². The maximum atomic E-state index is 12.1. The van der Waals surface area contributed by atoms with E-state index in [1.807, 2.05) is 50.4 Å². The van der Waals surface area contributed by atoms with Crippen LogP contribution in [0.25, 0.3) is 34.3 Å². The molecule has 2 aromatic heterocycles. The lowest BCUT2D eigenvalue weighted by Crippen LogP contribution is -2.20. The van der Waals surface area contributed by atoms with Gasteiger partial charge in [0.25, 0.3) is 5.89 Å². The van der Waals surface area contributed by atoms with Gasteiger partial charge in [-0.15, -0.1) is 10.2 Å². The third-order valence-corrected chi connectivity index (χ3v) is 6.04. The summed E-state index contributed by atoms with van der Waals surface area (Å²) in [6.45, 7) is 2.80. The van der Waals surface area contributed by atoms with Crippen molar-refractivity contribution in [2.24, 2.45) is 0 Å². The van der Waals surface area contributed by atoms with Crippen LogP contribution in [0.5, 0.6) is 0 Å². The van der Waals surface area contributed by atoms with Gasteiger partial charge < -0.3 is 14.8 Å². The Hall–Kier alpha value is -3.31. The predicted molar refractivity (Wildman–Crippen MR) is 125 cm³/mol. The van der Waals surface area contributed by atoms with E-state index in [2.05, 4.69) is 25.2 Å². The maximum absolute atomic E-state index is 12.1. The molecule has 1 unspecified atom stereocenters. The van der Waals surface area contributed by atoms with E-state index in [1.165, 1.54) is 0 Å². The fraction of sp³-hybridized carbons (Fsp3) is 0.217. The molecule has 0 aliphatic carbocycles. The van der Waals surface area contributed by atoms with Crippen molar-refractivity contribution in [1.29, 1.82) is 0 Å². The van der Waals surface area contributed by atoms with Crippen molar-refractivity contribution in [2.75, 3.05) is 20.2 Å². The van der Waals surface area contributed by atoms with Gasteiger partial charge in [0.15, 0.2) is 0 Å². The highest BCUT2D eigenvalue weighted by atomic mass is 32.2. The van der Waals surface area contributed by atoms with Gasteiger partial charge in [-0.3, -0.25) is 4.98 Å². The van der Waals surface area contributed by atoms with Gasteiger partial charge in [-0.05, 0) is 43.8 Å². The molecular formula is C23H24N6O3S. The molecule has 0 amide bonds. The number of nitrogens with one attached hydrogen (secondary N) is 2. The zero-order chi connectivity index (χ0) is 23.2. The van der Waals surface area contributed by atoms with Gasteiger partial charge in [0, 0.05) is 24.2 Å². The number of hydrogen-bond donors (Lipinski definition) is 3. The molecule has 0 aliphatic heterocycles. The Bertz CT molecular complexity index is 1240. The van der Waals surface area contributed by atoms with Crippen LogP contribution in [0, 0.1) is 6.92 Å². The van der Waals surface area contributed by atoms with Crippen molar-refractivity contribution in [3.63, 3.8) is 0 Å². The monoisotopic (exact) mass is 464 g/mol. The van der Waals surface area contributed by atoms with E-state index >= 15 is 0 Å². The molecule has 3 N–H and O–H groups in total. The Kier molecular flexibility index (Phi) is 7.30. The van der Waals surface area contributed by atoms with Crippen molar-refractivity contribution in [1.82, 2.24) is 30.2 Å². The zero-order valence-corrected chi connectivity index (χ0v) is 19.1. The minimum absolute atomic E-state index is 0.0788. The fourth-order valence-electron chi connectivity index (χ4n) is 3.17. The van der Waals surface area contributed by atoms with Crippen LogP contribution in [0.1, 0.15) is 11.3 Å². The number of nitrogens with zero attached hydrogens (tertiary/aromatic N) is 4. The van der Waals surface area contributed by atoms with Crippen LogP contribution in [-0.2, 0) is 17.5 Å². The summed E-state index contributed by atoms with van der Waals surface area (Å²) >= 11 is 0. The molecule has 9 nitrogen and oxygen atoms in total. The van der Waals surface area contributed by atoms with E-state index in [-0.39, 0.29) is 13.2 Å². The van der Waals surface area contributed by atoms with Gasteiger partial charge in [-0.1, -0.05) is 24.3 Å². The van der Waals surface area contributed by atoms with E-state index in [1.54, 1.807) is 18.3 Å². The highest BCUT2D eigenvalue weighted by molar-refractivity contribution is 7.83. The highest BCUT2D eigenvalue weighted by Crippen LogP contribution is 2.27. The summed E-state index contributed by atoms with van der Waals surface area (Å²) in [5, 5.41) is 20.3. The molecule has 0 aliphatic rings.